The number of piperazine rings is 1. The van der Waals surface area contributed by atoms with Crippen molar-refractivity contribution in [3.05, 3.63) is 30.3 Å². The molecule has 2 amide bonds. The summed E-state index contributed by atoms with van der Waals surface area (Å²) in [7, 11) is 2.06. The highest BCUT2D eigenvalue weighted by molar-refractivity contribution is 5.87. The molecule has 1 aromatic rings. The van der Waals surface area contributed by atoms with Crippen LogP contribution in [0.25, 0.3) is 0 Å². The van der Waals surface area contributed by atoms with Crippen molar-refractivity contribution >= 4 is 11.8 Å². The molecule has 1 heterocycles. The number of benzene rings is 1. The maximum atomic E-state index is 12.8. The van der Waals surface area contributed by atoms with Gasteiger partial charge in [-0.3, -0.25) is 9.59 Å². The number of nitrogens with zero attached hydrogens (tertiary/aromatic N) is 2. The predicted molar refractivity (Wildman–Crippen MR) is 102 cm³/mol. The van der Waals surface area contributed by atoms with Crippen LogP contribution in [0.3, 0.4) is 0 Å². The zero-order valence-electron chi connectivity index (χ0n) is 16.1. The topological polar surface area (TPSA) is 61.9 Å². The van der Waals surface area contributed by atoms with Gasteiger partial charge in [-0.1, -0.05) is 32.0 Å². The summed E-state index contributed by atoms with van der Waals surface area (Å²) in [5.74, 6) is 0.961. The summed E-state index contributed by atoms with van der Waals surface area (Å²) in [6.45, 7) is 7.61. The fourth-order valence-corrected chi connectivity index (χ4v) is 2.98. The summed E-state index contributed by atoms with van der Waals surface area (Å²) < 4.78 is 5.57. The molecule has 1 N–H and O–H groups in total. The first kappa shape index (κ1) is 20.2. The van der Waals surface area contributed by atoms with Gasteiger partial charge in [-0.05, 0) is 31.5 Å². The van der Waals surface area contributed by atoms with E-state index in [2.05, 4.69) is 31.1 Å². The zero-order chi connectivity index (χ0) is 18.9. The first-order chi connectivity index (χ1) is 12.5. The van der Waals surface area contributed by atoms with E-state index >= 15 is 0 Å². The Morgan fingerprint density at radius 3 is 2.38 bits per heavy atom. The Bertz CT molecular complexity index is 569. The lowest BCUT2D eigenvalue weighted by Gasteiger charge is -2.35. The Balaban J connectivity index is 1.83. The van der Waals surface area contributed by atoms with Crippen molar-refractivity contribution in [1.82, 2.24) is 15.1 Å². The minimum Gasteiger partial charge on any atom is -0.493 e. The van der Waals surface area contributed by atoms with Gasteiger partial charge in [0.25, 0.3) is 0 Å². The number of ether oxygens (including phenoxy) is 1. The molecule has 1 fully saturated rings. The third-order valence-corrected chi connectivity index (χ3v) is 4.50. The summed E-state index contributed by atoms with van der Waals surface area (Å²) in [6, 6.07) is 8.96. The lowest BCUT2D eigenvalue weighted by Crippen LogP contribution is -2.54. The third-order valence-electron chi connectivity index (χ3n) is 4.50. The molecule has 1 atom stereocenters. The van der Waals surface area contributed by atoms with Crippen molar-refractivity contribution < 1.29 is 14.3 Å². The first-order valence-corrected chi connectivity index (χ1v) is 9.40. The van der Waals surface area contributed by atoms with Gasteiger partial charge in [0.15, 0.2) is 0 Å². The van der Waals surface area contributed by atoms with Crippen LogP contribution in [0.4, 0.5) is 0 Å². The minimum absolute atomic E-state index is 0.0316. The van der Waals surface area contributed by atoms with Gasteiger partial charge < -0.3 is 19.9 Å². The second kappa shape index (κ2) is 10.2. The standard InChI is InChI=1S/C20H31N3O3/c1-16(2)15-18(20(25)23-12-10-22(3)11-13-23)21-19(24)9-14-26-17-7-5-4-6-8-17/h4-8,16,18H,9-15H2,1-3H3,(H,21,24)/t18-/m1/s1. The lowest BCUT2D eigenvalue weighted by atomic mass is 10.0. The molecule has 6 nitrogen and oxygen atoms in total. The van der Waals surface area contributed by atoms with Gasteiger partial charge in [-0.15, -0.1) is 0 Å². The fourth-order valence-electron chi connectivity index (χ4n) is 2.98. The molecule has 0 bridgehead atoms. The highest BCUT2D eigenvalue weighted by Gasteiger charge is 2.28. The number of carbonyl (C=O) groups is 2. The van der Waals surface area contributed by atoms with Gasteiger partial charge in [0, 0.05) is 26.2 Å². The molecule has 2 rings (SSSR count). The van der Waals surface area contributed by atoms with Gasteiger partial charge >= 0.3 is 0 Å². The number of hydrogen-bond donors (Lipinski definition) is 1. The van der Waals surface area contributed by atoms with Crippen LogP contribution < -0.4 is 10.1 Å². The van der Waals surface area contributed by atoms with Gasteiger partial charge in [0.1, 0.15) is 11.8 Å². The molecular weight excluding hydrogens is 330 g/mol. The van der Waals surface area contributed by atoms with Crippen molar-refractivity contribution in [2.75, 3.05) is 39.8 Å². The van der Waals surface area contributed by atoms with Crippen LogP contribution in [0.1, 0.15) is 26.7 Å². The number of rotatable bonds is 8. The van der Waals surface area contributed by atoms with E-state index in [1.807, 2.05) is 35.2 Å². The molecule has 0 unspecified atom stereocenters. The van der Waals surface area contributed by atoms with Gasteiger partial charge in [0.2, 0.25) is 11.8 Å². The molecule has 6 heteroatoms. The average molecular weight is 361 g/mol. The maximum Gasteiger partial charge on any atom is 0.245 e. The number of hydrogen-bond acceptors (Lipinski definition) is 4. The van der Waals surface area contributed by atoms with E-state index < -0.39 is 6.04 Å². The summed E-state index contributed by atoms with van der Waals surface area (Å²) in [5, 5.41) is 2.92. The Morgan fingerprint density at radius 1 is 1.12 bits per heavy atom. The molecule has 0 aromatic heterocycles. The highest BCUT2D eigenvalue weighted by atomic mass is 16.5. The van der Waals surface area contributed by atoms with Gasteiger partial charge in [0.05, 0.1) is 13.0 Å². The molecule has 1 saturated heterocycles. The molecule has 0 saturated carbocycles. The van der Waals surface area contributed by atoms with Crippen LogP contribution >= 0.6 is 0 Å². The van der Waals surface area contributed by atoms with E-state index in [1.54, 1.807) is 0 Å². The fraction of sp³-hybridized carbons (Fsp3) is 0.600. The lowest BCUT2D eigenvalue weighted by molar-refractivity contribution is -0.138. The van der Waals surface area contributed by atoms with Crippen molar-refractivity contribution in [3.63, 3.8) is 0 Å². The van der Waals surface area contributed by atoms with E-state index in [0.717, 1.165) is 31.9 Å². The maximum absolute atomic E-state index is 12.8. The molecule has 0 radical (unpaired) electrons. The van der Waals surface area contributed by atoms with Crippen molar-refractivity contribution in [2.45, 2.75) is 32.7 Å². The number of carbonyl (C=O) groups excluding carboxylic acids is 2. The number of likely N-dealkylation sites (N-methyl/N-ethyl adjacent to an activating group) is 1. The van der Waals surface area contributed by atoms with E-state index in [1.165, 1.54) is 0 Å². The highest BCUT2D eigenvalue weighted by Crippen LogP contribution is 2.11. The Kier molecular flexibility index (Phi) is 7.91. The number of amides is 2. The van der Waals surface area contributed by atoms with E-state index in [9.17, 15) is 9.59 Å². The van der Waals surface area contributed by atoms with Gasteiger partial charge in [-0.2, -0.15) is 0 Å². The number of nitrogens with one attached hydrogen (secondary N) is 1. The summed E-state index contributed by atoms with van der Waals surface area (Å²) >= 11 is 0. The van der Waals surface area contributed by atoms with E-state index in [0.29, 0.717) is 18.9 Å². The SMILES string of the molecule is CC(C)C[C@@H](NC(=O)CCOc1ccccc1)C(=O)N1CCN(C)CC1. The van der Waals surface area contributed by atoms with Crippen LogP contribution in [-0.2, 0) is 9.59 Å². The Morgan fingerprint density at radius 2 is 1.77 bits per heavy atom. The minimum atomic E-state index is -0.456. The molecule has 1 aliphatic rings. The van der Waals surface area contributed by atoms with Crippen molar-refractivity contribution in [2.24, 2.45) is 5.92 Å². The predicted octanol–water partition coefficient (Wildman–Crippen LogP) is 1.76. The largest absolute Gasteiger partial charge is 0.493 e. The first-order valence-electron chi connectivity index (χ1n) is 9.40. The van der Waals surface area contributed by atoms with Crippen LogP contribution in [0.15, 0.2) is 30.3 Å². The smallest absolute Gasteiger partial charge is 0.245 e. The van der Waals surface area contributed by atoms with Crippen LogP contribution in [0, 0.1) is 5.92 Å². The molecule has 0 aliphatic carbocycles. The van der Waals surface area contributed by atoms with Crippen LogP contribution in [0.5, 0.6) is 5.75 Å². The second-order valence-electron chi connectivity index (χ2n) is 7.29. The molecular formula is C20H31N3O3. The normalized spacial score (nSPS) is 16.4. The number of para-hydroxylation sites is 1. The third kappa shape index (κ3) is 6.67. The van der Waals surface area contributed by atoms with E-state index in [-0.39, 0.29) is 18.2 Å². The Hall–Kier alpha value is -2.08. The summed E-state index contributed by atoms with van der Waals surface area (Å²) in [6.07, 6.45) is 0.885. The zero-order valence-corrected chi connectivity index (χ0v) is 16.1. The Labute approximate surface area is 156 Å². The monoisotopic (exact) mass is 361 g/mol. The van der Waals surface area contributed by atoms with Crippen molar-refractivity contribution in [3.8, 4) is 5.75 Å². The second-order valence-corrected chi connectivity index (χ2v) is 7.29. The average Bonchev–Trinajstić information content (AvgIpc) is 2.62. The van der Waals surface area contributed by atoms with E-state index in [4.69, 9.17) is 4.74 Å². The van der Waals surface area contributed by atoms with Crippen molar-refractivity contribution in [1.29, 1.82) is 0 Å². The molecule has 144 valence electrons. The summed E-state index contributed by atoms with van der Waals surface area (Å²) in [4.78, 5) is 29.2. The molecule has 1 aromatic carbocycles. The van der Waals surface area contributed by atoms with Crippen LogP contribution in [-0.4, -0.2) is 67.5 Å². The quantitative estimate of drug-likeness (QED) is 0.766. The summed E-state index contributed by atoms with van der Waals surface area (Å²) in [5.41, 5.74) is 0. The van der Waals surface area contributed by atoms with Crippen LogP contribution in [0.2, 0.25) is 0 Å². The molecule has 26 heavy (non-hydrogen) atoms. The molecule has 1 aliphatic heterocycles. The van der Waals surface area contributed by atoms with Gasteiger partial charge in [-0.25, -0.2) is 0 Å². The molecule has 0 spiro atoms.